The molecule has 1 rings (SSSR count). The molecule has 1 amide bonds. The number of aromatic nitrogens is 3. The molecular formula is C13H24N4O. The van der Waals surface area contributed by atoms with Crippen molar-refractivity contribution in [3.63, 3.8) is 0 Å². The van der Waals surface area contributed by atoms with E-state index in [4.69, 9.17) is 0 Å². The maximum Gasteiger partial charge on any atom is 0.293 e. The van der Waals surface area contributed by atoms with E-state index in [-0.39, 0.29) is 17.1 Å². The first kappa shape index (κ1) is 14.7. The summed E-state index contributed by atoms with van der Waals surface area (Å²) in [6.45, 7) is 11.1. The number of carbonyl (C=O) groups excluding carboxylic acids is 1. The Morgan fingerprint density at radius 3 is 2.44 bits per heavy atom. The molecule has 0 atom stereocenters. The van der Waals surface area contributed by atoms with Gasteiger partial charge in [0, 0.05) is 19.0 Å². The Morgan fingerprint density at radius 1 is 1.39 bits per heavy atom. The van der Waals surface area contributed by atoms with Crippen LogP contribution in [0, 0.1) is 5.92 Å². The first-order valence-electron chi connectivity index (χ1n) is 6.40. The lowest BCUT2D eigenvalue weighted by molar-refractivity contribution is 0.0777. The molecule has 0 unspecified atom stereocenters. The highest BCUT2D eigenvalue weighted by atomic mass is 16.2. The van der Waals surface area contributed by atoms with Crippen molar-refractivity contribution in [1.82, 2.24) is 20.1 Å². The molecule has 0 spiro atoms. The molecule has 1 N–H and O–H groups in total. The van der Waals surface area contributed by atoms with Crippen LogP contribution in [-0.2, 0) is 5.41 Å². The zero-order chi connectivity index (χ0) is 13.9. The summed E-state index contributed by atoms with van der Waals surface area (Å²) in [6, 6.07) is 0. The lowest BCUT2D eigenvalue weighted by Gasteiger charge is -2.16. The summed E-state index contributed by atoms with van der Waals surface area (Å²) in [6.07, 6.45) is 0.985. The van der Waals surface area contributed by atoms with Crippen molar-refractivity contribution in [2.75, 3.05) is 13.6 Å². The quantitative estimate of drug-likeness (QED) is 0.893. The Kier molecular flexibility index (Phi) is 4.48. The number of nitrogens with one attached hydrogen (secondary N) is 1. The van der Waals surface area contributed by atoms with Gasteiger partial charge in [-0.1, -0.05) is 34.6 Å². The second kappa shape index (κ2) is 5.50. The Morgan fingerprint density at radius 2 is 2.00 bits per heavy atom. The molecule has 1 aromatic rings. The van der Waals surface area contributed by atoms with Gasteiger partial charge in [0.2, 0.25) is 5.82 Å². The topological polar surface area (TPSA) is 61.9 Å². The van der Waals surface area contributed by atoms with Gasteiger partial charge in [0.15, 0.2) is 0 Å². The maximum atomic E-state index is 12.1. The van der Waals surface area contributed by atoms with Crippen molar-refractivity contribution >= 4 is 5.91 Å². The normalized spacial score (nSPS) is 11.9. The van der Waals surface area contributed by atoms with E-state index in [0.29, 0.717) is 5.92 Å². The summed E-state index contributed by atoms with van der Waals surface area (Å²) < 4.78 is 0. The van der Waals surface area contributed by atoms with Crippen molar-refractivity contribution in [3.05, 3.63) is 11.6 Å². The summed E-state index contributed by atoms with van der Waals surface area (Å²) in [5.74, 6) is 1.45. The number of H-pyrrole nitrogens is 1. The molecule has 1 aromatic heterocycles. The van der Waals surface area contributed by atoms with E-state index in [9.17, 15) is 4.79 Å². The second-order valence-electron chi connectivity index (χ2n) is 6.17. The third-order valence-corrected chi connectivity index (χ3v) is 2.78. The molecule has 0 fully saturated rings. The first-order valence-corrected chi connectivity index (χ1v) is 6.40. The summed E-state index contributed by atoms with van der Waals surface area (Å²) in [5.41, 5.74) is -0.123. The molecular weight excluding hydrogens is 228 g/mol. The van der Waals surface area contributed by atoms with Crippen LogP contribution in [0.2, 0.25) is 0 Å². The predicted molar refractivity (Wildman–Crippen MR) is 71.5 cm³/mol. The fourth-order valence-electron chi connectivity index (χ4n) is 1.42. The smallest absolute Gasteiger partial charge is 0.293 e. The fourth-order valence-corrected chi connectivity index (χ4v) is 1.42. The van der Waals surface area contributed by atoms with Crippen molar-refractivity contribution in [2.45, 2.75) is 46.5 Å². The minimum atomic E-state index is -0.123. The monoisotopic (exact) mass is 252 g/mol. The van der Waals surface area contributed by atoms with Gasteiger partial charge >= 0.3 is 0 Å². The van der Waals surface area contributed by atoms with Crippen LogP contribution in [0.25, 0.3) is 0 Å². The molecule has 102 valence electrons. The molecule has 0 saturated heterocycles. The van der Waals surface area contributed by atoms with E-state index >= 15 is 0 Å². The zero-order valence-corrected chi connectivity index (χ0v) is 12.2. The second-order valence-corrected chi connectivity index (χ2v) is 6.17. The van der Waals surface area contributed by atoms with Gasteiger partial charge in [-0.25, -0.2) is 4.98 Å². The zero-order valence-electron chi connectivity index (χ0n) is 12.2. The average molecular weight is 252 g/mol. The Labute approximate surface area is 109 Å². The van der Waals surface area contributed by atoms with Gasteiger partial charge < -0.3 is 4.90 Å². The van der Waals surface area contributed by atoms with Gasteiger partial charge in [-0.2, -0.15) is 0 Å². The minimum Gasteiger partial charge on any atom is -0.339 e. The lowest BCUT2D eigenvalue weighted by Crippen LogP contribution is -2.29. The molecule has 5 nitrogen and oxygen atoms in total. The van der Waals surface area contributed by atoms with Gasteiger partial charge in [-0.15, -0.1) is 5.10 Å². The van der Waals surface area contributed by atoms with E-state index < -0.39 is 0 Å². The van der Waals surface area contributed by atoms with Crippen LogP contribution in [0.5, 0.6) is 0 Å². The lowest BCUT2D eigenvalue weighted by atomic mass is 9.96. The van der Waals surface area contributed by atoms with Crippen LogP contribution in [0.15, 0.2) is 0 Å². The predicted octanol–water partition coefficient (Wildman–Crippen LogP) is 2.22. The van der Waals surface area contributed by atoms with Gasteiger partial charge in [0.1, 0.15) is 5.82 Å². The summed E-state index contributed by atoms with van der Waals surface area (Å²) in [7, 11) is 1.79. The van der Waals surface area contributed by atoms with Crippen LogP contribution < -0.4 is 0 Å². The summed E-state index contributed by atoms with van der Waals surface area (Å²) >= 11 is 0. The summed E-state index contributed by atoms with van der Waals surface area (Å²) in [5, 5.41) is 6.84. The highest BCUT2D eigenvalue weighted by Gasteiger charge is 2.22. The fraction of sp³-hybridized carbons (Fsp3) is 0.769. The molecule has 1 heterocycles. The van der Waals surface area contributed by atoms with Gasteiger partial charge in [-0.3, -0.25) is 9.89 Å². The van der Waals surface area contributed by atoms with Crippen LogP contribution in [0.4, 0.5) is 0 Å². The minimum absolute atomic E-state index is 0.123. The largest absolute Gasteiger partial charge is 0.339 e. The van der Waals surface area contributed by atoms with E-state index in [2.05, 4.69) is 29.0 Å². The SMILES string of the molecule is CC(C)CCN(C)C(=O)c1n[nH]c(C(C)(C)C)n1. The van der Waals surface area contributed by atoms with E-state index in [1.807, 2.05) is 20.8 Å². The molecule has 0 aromatic carbocycles. The summed E-state index contributed by atoms with van der Waals surface area (Å²) in [4.78, 5) is 18.0. The third-order valence-electron chi connectivity index (χ3n) is 2.78. The average Bonchev–Trinajstić information content (AvgIpc) is 2.73. The van der Waals surface area contributed by atoms with Crippen molar-refractivity contribution in [2.24, 2.45) is 5.92 Å². The molecule has 0 aliphatic heterocycles. The van der Waals surface area contributed by atoms with Gasteiger partial charge in [0.05, 0.1) is 0 Å². The van der Waals surface area contributed by atoms with Crippen molar-refractivity contribution in [1.29, 1.82) is 0 Å². The number of hydrogen-bond donors (Lipinski definition) is 1. The Bertz CT molecular complexity index is 403. The Balaban J connectivity index is 2.70. The highest BCUT2D eigenvalue weighted by Crippen LogP contribution is 2.17. The molecule has 0 saturated carbocycles. The Hall–Kier alpha value is -1.39. The molecule has 0 aliphatic rings. The molecule has 0 bridgehead atoms. The molecule has 0 aliphatic carbocycles. The third kappa shape index (κ3) is 3.82. The number of amides is 1. The molecule has 0 radical (unpaired) electrons. The van der Waals surface area contributed by atoms with E-state index in [1.54, 1.807) is 11.9 Å². The molecule has 18 heavy (non-hydrogen) atoms. The molecule has 5 heteroatoms. The maximum absolute atomic E-state index is 12.1. The highest BCUT2D eigenvalue weighted by molar-refractivity contribution is 5.90. The number of carbonyl (C=O) groups is 1. The van der Waals surface area contributed by atoms with Gasteiger partial charge in [-0.05, 0) is 12.3 Å². The van der Waals surface area contributed by atoms with Gasteiger partial charge in [0.25, 0.3) is 5.91 Å². The number of rotatable bonds is 4. The van der Waals surface area contributed by atoms with Crippen molar-refractivity contribution in [3.8, 4) is 0 Å². The van der Waals surface area contributed by atoms with Crippen LogP contribution in [-0.4, -0.2) is 39.6 Å². The van der Waals surface area contributed by atoms with Crippen LogP contribution >= 0.6 is 0 Å². The number of nitrogens with zero attached hydrogens (tertiary/aromatic N) is 3. The van der Waals surface area contributed by atoms with E-state index in [1.165, 1.54) is 0 Å². The number of aromatic amines is 1. The van der Waals surface area contributed by atoms with Crippen LogP contribution in [0.3, 0.4) is 0 Å². The number of hydrogen-bond acceptors (Lipinski definition) is 3. The first-order chi connectivity index (χ1) is 8.21. The van der Waals surface area contributed by atoms with E-state index in [0.717, 1.165) is 18.8 Å². The van der Waals surface area contributed by atoms with Crippen LogP contribution in [0.1, 0.15) is 57.5 Å². The van der Waals surface area contributed by atoms with Crippen molar-refractivity contribution < 1.29 is 4.79 Å². The standard InChI is InChI=1S/C13H24N4O/c1-9(2)7-8-17(6)11(18)10-14-12(16-15-10)13(3,4)5/h9H,7-8H2,1-6H3,(H,14,15,16).